The zero-order chi connectivity index (χ0) is 17.7. The minimum atomic E-state index is -3.90. The van der Waals surface area contributed by atoms with Crippen molar-refractivity contribution in [3.8, 4) is 0 Å². The molecule has 8 heteroatoms. The molecule has 24 heavy (non-hydrogen) atoms. The highest BCUT2D eigenvalue weighted by Gasteiger charge is 2.33. The number of carbonyl (C=O) groups is 2. The second-order valence-corrected chi connectivity index (χ2v) is 7.83. The molecule has 0 unspecified atom stereocenters. The SMILES string of the molecule is CC(=O)Nc1ccc(S(=O)(=O)N(CC(=O)O)C2CCCCC2)cc1. The molecule has 0 saturated heterocycles. The third-order valence-electron chi connectivity index (χ3n) is 4.05. The van der Waals surface area contributed by atoms with E-state index in [-0.39, 0.29) is 16.8 Å². The summed E-state index contributed by atoms with van der Waals surface area (Å²) in [5.74, 6) is -1.42. The Morgan fingerprint density at radius 2 is 1.75 bits per heavy atom. The number of amides is 1. The summed E-state index contributed by atoms with van der Waals surface area (Å²) in [5, 5.41) is 11.7. The van der Waals surface area contributed by atoms with Gasteiger partial charge in [0.1, 0.15) is 6.54 Å². The average Bonchev–Trinajstić information content (AvgIpc) is 2.53. The first-order valence-electron chi connectivity index (χ1n) is 7.92. The summed E-state index contributed by atoms with van der Waals surface area (Å²) in [5.41, 5.74) is 0.490. The maximum absolute atomic E-state index is 12.9. The maximum atomic E-state index is 12.9. The van der Waals surface area contributed by atoms with E-state index in [1.54, 1.807) is 0 Å². The normalized spacial score (nSPS) is 16.1. The predicted molar refractivity (Wildman–Crippen MR) is 89.1 cm³/mol. The molecule has 2 rings (SSSR count). The maximum Gasteiger partial charge on any atom is 0.318 e. The number of nitrogens with zero attached hydrogens (tertiary/aromatic N) is 1. The van der Waals surface area contributed by atoms with Crippen molar-refractivity contribution in [2.24, 2.45) is 0 Å². The van der Waals surface area contributed by atoms with Crippen LogP contribution in [0.15, 0.2) is 29.2 Å². The standard InChI is InChI=1S/C16H22N2O5S/c1-12(19)17-13-7-9-15(10-8-13)24(22,23)18(11-16(20)21)14-5-3-2-4-6-14/h7-10,14H,2-6,11H2,1H3,(H,17,19)(H,20,21). The number of benzene rings is 1. The molecule has 0 spiro atoms. The average molecular weight is 354 g/mol. The van der Waals surface area contributed by atoms with Crippen LogP contribution in [0.1, 0.15) is 39.0 Å². The lowest BCUT2D eigenvalue weighted by Crippen LogP contribution is -2.44. The molecule has 0 aromatic heterocycles. The summed E-state index contributed by atoms with van der Waals surface area (Å²) < 4.78 is 26.9. The molecule has 0 aliphatic heterocycles. The van der Waals surface area contributed by atoms with Crippen LogP contribution in [-0.2, 0) is 19.6 Å². The summed E-state index contributed by atoms with van der Waals surface area (Å²) in [6, 6.07) is 5.48. The van der Waals surface area contributed by atoms with E-state index in [4.69, 9.17) is 5.11 Å². The third kappa shape index (κ3) is 4.55. The molecule has 1 aliphatic carbocycles. The summed E-state index contributed by atoms with van der Waals surface area (Å²) in [6.07, 6.45) is 4.20. The molecule has 0 bridgehead atoms. The zero-order valence-corrected chi connectivity index (χ0v) is 14.4. The van der Waals surface area contributed by atoms with Crippen LogP contribution in [-0.4, -0.2) is 42.3 Å². The molecule has 1 aromatic carbocycles. The Labute approximate surface area is 141 Å². The van der Waals surface area contributed by atoms with Crippen LogP contribution in [0, 0.1) is 0 Å². The molecule has 0 radical (unpaired) electrons. The molecule has 132 valence electrons. The lowest BCUT2D eigenvalue weighted by molar-refractivity contribution is -0.137. The van der Waals surface area contributed by atoms with Gasteiger partial charge in [-0.2, -0.15) is 4.31 Å². The molecule has 1 fully saturated rings. The van der Waals surface area contributed by atoms with Crippen molar-refractivity contribution in [1.29, 1.82) is 0 Å². The number of hydrogen-bond donors (Lipinski definition) is 2. The van der Waals surface area contributed by atoms with Gasteiger partial charge in [-0.1, -0.05) is 19.3 Å². The fourth-order valence-corrected chi connectivity index (χ4v) is 4.60. The number of anilines is 1. The molecular formula is C16H22N2O5S. The second-order valence-electron chi connectivity index (χ2n) is 5.94. The van der Waals surface area contributed by atoms with Gasteiger partial charge in [0.15, 0.2) is 0 Å². The van der Waals surface area contributed by atoms with Gasteiger partial charge in [0.05, 0.1) is 4.90 Å². The monoisotopic (exact) mass is 354 g/mol. The number of carboxylic acid groups (broad SMARTS) is 1. The van der Waals surface area contributed by atoms with E-state index in [1.165, 1.54) is 31.2 Å². The van der Waals surface area contributed by atoms with Crippen LogP contribution < -0.4 is 5.32 Å². The van der Waals surface area contributed by atoms with Crippen LogP contribution in [0.5, 0.6) is 0 Å². The van der Waals surface area contributed by atoms with Gasteiger partial charge in [-0.05, 0) is 37.1 Å². The number of sulfonamides is 1. The Morgan fingerprint density at radius 1 is 1.17 bits per heavy atom. The van der Waals surface area contributed by atoms with Crippen LogP contribution in [0.4, 0.5) is 5.69 Å². The minimum absolute atomic E-state index is 0.0309. The molecular weight excluding hydrogens is 332 g/mol. The van der Waals surface area contributed by atoms with E-state index in [2.05, 4.69) is 5.32 Å². The second kappa shape index (κ2) is 7.76. The minimum Gasteiger partial charge on any atom is -0.480 e. The van der Waals surface area contributed by atoms with E-state index in [0.29, 0.717) is 18.5 Å². The Bertz CT molecular complexity index is 694. The highest BCUT2D eigenvalue weighted by Crippen LogP contribution is 2.28. The fourth-order valence-electron chi connectivity index (χ4n) is 2.96. The lowest BCUT2D eigenvalue weighted by atomic mass is 9.95. The van der Waals surface area contributed by atoms with Gasteiger partial charge in [0.2, 0.25) is 15.9 Å². The van der Waals surface area contributed by atoms with Gasteiger partial charge in [-0.15, -0.1) is 0 Å². The van der Waals surface area contributed by atoms with Gasteiger partial charge in [-0.3, -0.25) is 9.59 Å². The third-order valence-corrected chi connectivity index (χ3v) is 5.97. The van der Waals surface area contributed by atoms with Crippen molar-refractivity contribution in [1.82, 2.24) is 4.31 Å². The van der Waals surface area contributed by atoms with E-state index in [9.17, 15) is 18.0 Å². The van der Waals surface area contributed by atoms with Crippen molar-refractivity contribution in [3.05, 3.63) is 24.3 Å². The first-order chi connectivity index (χ1) is 11.3. The van der Waals surface area contributed by atoms with Gasteiger partial charge < -0.3 is 10.4 Å². The first kappa shape index (κ1) is 18.4. The molecule has 1 saturated carbocycles. The van der Waals surface area contributed by atoms with Crippen molar-refractivity contribution < 1.29 is 23.1 Å². The Kier molecular flexibility index (Phi) is 5.95. The van der Waals surface area contributed by atoms with Gasteiger partial charge >= 0.3 is 5.97 Å². The number of rotatable bonds is 6. The van der Waals surface area contributed by atoms with Gasteiger partial charge in [0.25, 0.3) is 0 Å². The summed E-state index contributed by atoms with van der Waals surface area (Å²) in [7, 11) is -3.90. The largest absolute Gasteiger partial charge is 0.480 e. The van der Waals surface area contributed by atoms with Crippen LogP contribution in [0.25, 0.3) is 0 Å². The first-order valence-corrected chi connectivity index (χ1v) is 9.36. The van der Waals surface area contributed by atoms with Crippen molar-refractivity contribution >= 4 is 27.6 Å². The van der Waals surface area contributed by atoms with E-state index < -0.39 is 22.5 Å². The zero-order valence-electron chi connectivity index (χ0n) is 13.6. The molecule has 0 heterocycles. The Morgan fingerprint density at radius 3 is 2.25 bits per heavy atom. The molecule has 1 aromatic rings. The van der Waals surface area contributed by atoms with E-state index >= 15 is 0 Å². The molecule has 2 N–H and O–H groups in total. The summed E-state index contributed by atoms with van der Waals surface area (Å²) in [4.78, 5) is 22.2. The number of nitrogens with one attached hydrogen (secondary N) is 1. The number of hydrogen-bond acceptors (Lipinski definition) is 4. The molecule has 0 atom stereocenters. The van der Waals surface area contributed by atoms with Gasteiger partial charge in [-0.25, -0.2) is 8.42 Å². The highest BCUT2D eigenvalue weighted by molar-refractivity contribution is 7.89. The number of aliphatic carboxylic acids is 1. The lowest BCUT2D eigenvalue weighted by Gasteiger charge is -2.32. The molecule has 7 nitrogen and oxygen atoms in total. The van der Waals surface area contributed by atoms with E-state index in [0.717, 1.165) is 23.6 Å². The van der Waals surface area contributed by atoms with Crippen molar-refractivity contribution in [2.45, 2.75) is 50.0 Å². The smallest absolute Gasteiger partial charge is 0.318 e. The molecule has 1 amide bonds. The predicted octanol–water partition coefficient (Wildman–Crippen LogP) is 2.05. The van der Waals surface area contributed by atoms with Gasteiger partial charge in [0, 0.05) is 18.7 Å². The van der Waals surface area contributed by atoms with Crippen molar-refractivity contribution in [2.75, 3.05) is 11.9 Å². The highest BCUT2D eigenvalue weighted by atomic mass is 32.2. The fraction of sp³-hybridized carbons (Fsp3) is 0.500. The summed E-state index contributed by atoms with van der Waals surface area (Å²) in [6.45, 7) is 0.822. The van der Waals surface area contributed by atoms with Crippen LogP contribution >= 0.6 is 0 Å². The number of carboxylic acids is 1. The number of carbonyl (C=O) groups excluding carboxylic acids is 1. The van der Waals surface area contributed by atoms with E-state index in [1.807, 2.05) is 0 Å². The van der Waals surface area contributed by atoms with Crippen LogP contribution in [0.3, 0.4) is 0 Å². The Balaban J connectivity index is 2.28. The quantitative estimate of drug-likeness (QED) is 0.814. The molecule has 1 aliphatic rings. The summed E-state index contributed by atoms with van der Waals surface area (Å²) >= 11 is 0. The van der Waals surface area contributed by atoms with Crippen molar-refractivity contribution in [3.63, 3.8) is 0 Å². The Hall–Kier alpha value is -1.93. The van der Waals surface area contributed by atoms with Crippen LogP contribution in [0.2, 0.25) is 0 Å². The topological polar surface area (TPSA) is 104 Å².